The molecule has 6 nitrogen and oxygen atoms in total. The molecule has 1 unspecified atom stereocenters. The molecule has 0 aliphatic rings. The van der Waals surface area contributed by atoms with Crippen molar-refractivity contribution in [2.75, 3.05) is 0 Å². The molecule has 6 heteroatoms. The SMILES string of the molecule is CC(C)CCC(=O)N(Cc1ccco1)C(C(=O)NCc1ccccc1)c1cccnc1. The van der Waals surface area contributed by atoms with Crippen LogP contribution < -0.4 is 5.32 Å². The van der Waals surface area contributed by atoms with Gasteiger partial charge in [-0.25, -0.2) is 0 Å². The van der Waals surface area contributed by atoms with Crippen LogP contribution in [0.5, 0.6) is 0 Å². The van der Waals surface area contributed by atoms with E-state index in [9.17, 15) is 9.59 Å². The van der Waals surface area contributed by atoms with Crippen molar-refractivity contribution in [1.82, 2.24) is 15.2 Å². The molecule has 0 saturated carbocycles. The molecule has 1 atom stereocenters. The number of hydrogen-bond donors (Lipinski definition) is 1. The van der Waals surface area contributed by atoms with Gasteiger partial charge in [0.2, 0.25) is 11.8 Å². The van der Waals surface area contributed by atoms with Crippen LogP contribution in [-0.4, -0.2) is 21.7 Å². The number of aromatic nitrogens is 1. The highest BCUT2D eigenvalue weighted by molar-refractivity contribution is 5.88. The number of rotatable bonds is 10. The third kappa shape index (κ3) is 6.54. The fourth-order valence-electron chi connectivity index (χ4n) is 3.34. The second kappa shape index (κ2) is 11.1. The molecule has 162 valence electrons. The minimum absolute atomic E-state index is 0.0891. The molecule has 2 heterocycles. The number of carbonyl (C=O) groups excluding carboxylic acids is 2. The van der Waals surface area contributed by atoms with Crippen LogP contribution in [0.1, 0.15) is 49.6 Å². The van der Waals surface area contributed by atoms with E-state index < -0.39 is 6.04 Å². The molecule has 31 heavy (non-hydrogen) atoms. The Balaban J connectivity index is 1.88. The van der Waals surface area contributed by atoms with Gasteiger partial charge in [0.25, 0.3) is 0 Å². The van der Waals surface area contributed by atoms with Crippen molar-refractivity contribution in [1.29, 1.82) is 0 Å². The first-order valence-corrected chi connectivity index (χ1v) is 10.6. The first kappa shape index (κ1) is 22.3. The van der Waals surface area contributed by atoms with E-state index in [1.807, 2.05) is 42.5 Å². The second-order valence-corrected chi connectivity index (χ2v) is 7.93. The minimum atomic E-state index is -0.804. The van der Waals surface area contributed by atoms with Crippen LogP contribution in [0, 0.1) is 5.92 Å². The topological polar surface area (TPSA) is 75.4 Å². The van der Waals surface area contributed by atoms with Gasteiger partial charge in [0.15, 0.2) is 0 Å². The molecule has 2 amide bonds. The highest BCUT2D eigenvalue weighted by Gasteiger charge is 2.32. The van der Waals surface area contributed by atoms with Gasteiger partial charge >= 0.3 is 0 Å². The molecule has 2 aromatic heterocycles. The molecule has 0 saturated heterocycles. The summed E-state index contributed by atoms with van der Waals surface area (Å²) in [6, 6.07) is 16.1. The molecule has 0 radical (unpaired) electrons. The molecule has 1 aromatic carbocycles. The van der Waals surface area contributed by atoms with Crippen LogP contribution in [0.15, 0.2) is 77.7 Å². The third-order valence-corrected chi connectivity index (χ3v) is 5.03. The van der Waals surface area contributed by atoms with Gasteiger partial charge in [0.1, 0.15) is 11.8 Å². The Morgan fingerprint density at radius 3 is 2.52 bits per heavy atom. The largest absolute Gasteiger partial charge is 0.467 e. The fraction of sp³-hybridized carbons (Fsp3) is 0.320. The zero-order valence-corrected chi connectivity index (χ0v) is 18.0. The standard InChI is InChI=1S/C25H29N3O3/c1-19(2)12-13-23(29)28(18-22-11-7-15-31-22)24(21-10-6-14-26-17-21)25(30)27-16-20-8-4-3-5-9-20/h3-11,14-15,17,19,24H,12-13,16,18H2,1-2H3,(H,27,30). The van der Waals surface area contributed by atoms with Gasteiger partial charge in [-0.05, 0) is 36.1 Å². The molecule has 3 rings (SSSR count). The van der Waals surface area contributed by atoms with Gasteiger partial charge in [-0.2, -0.15) is 0 Å². The van der Waals surface area contributed by atoms with Crippen molar-refractivity contribution >= 4 is 11.8 Å². The van der Waals surface area contributed by atoms with Gasteiger partial charge in [-0.1, -0.05) is 50.2 Å². The van der Waals surface area contributed by atoms with Crippen LogP contribution in [0.2, 0.25) is 0 Å². The molecule has 0 bridgehead atoms. The molecule has 3 aromatic rings. The Bertz CT molecular complexity index is 941. The highest BCUT2D eigenvalue weighted by Crippen LogP contribution is 2.25. The predicted molar refractivity (Wildman–Crippen MR) is 119 cm³/mol. The maximum Gasteiger partial charge on any atom is 0.247 e. The third-order valence-electron chi connectivity index (χ3n) is 5.03. The summed E-state index contributed by atoms with van der Waals surface area (Å²) in [5.74, 6) is 0.677. The Morgan fingerprint density at radius 2 is 1.87 bits per heavy atom. The zero-order valence-electron chi connectivity index (χ0n) is 18.0. The maximum atomic E-state index is 13.4. The Hall–Kier alpha value is -3.41. The van der Waals surface area contributed by atoms with E-state index in [1.165, 1.54) is 0 Å². The highest BCUT2D eigenvalue weighted by atomic mass is 16.3. The normalized spacial score (nSPS) is 11.8. The van der Waals surface area contributed by atoms with E-state index in [0.717, 1.165) is 12.0 Å². The number of benzene rings is 1. The van der Waals surface area contributed by atoms with Gasteiger partial charge in [0, 0.05) is 30.9 Å². The van der Waals surface area contributed by atoms with E-state index in [4.69, 9.17) is 4.42 Å². The Kier molecular flexibility index (Phi) is 7.98. The van der Waals surface area contributed by atoms with Crippen LogP contribution in [0.3, 0.4) is 0 Å². The van der Waals surface area contributed by atoms with Crippen LogP contribution in [-0.2, 0) is 22.7 Å². The summed E-state index contributed by atoms with van der Waals surface area (Å²) < 4.78 is 5.49. The summed E-state index contributed by atoms with van der Waals surface area (Å²) in [4.78, 5) is 32.4. The number of amides is 2. The van der Waals surface area contributed by atoms with E-state index >= 15 is 0 Å². The minimum Gasteiger partial charge on any atom is -0.467 e. The molecule has 0 spiro atoms. The lowest BCUT2D eigenvalue weighted by Crippen LogP contribution is -2.43. The van der Waals surface area contributed by atoms with Crippen molar-refractivity contribution in [3.05, 3.63) is 90.1 Å². The predicted octanol–water partition coefficient (Wildman–Crippen LogP) is 4.50. The average molecular weight is 420 g/mol. The van der Waals surface area contributed by atoms with Gasteiger partial charge in [-0.3, -0.25) is 14.6 Å². The van der Waals surface area contributed by atoms with Crippen molar-refractivity contribution in [3.63, 3.8) is 0 Å². The number of nitrogens with one attached hydrogen (secondary N) is 1. The van der Waals surface area contributed by atoms with E-state index in [2.05, 4.69) is 24.1 Å². The molecular formula is C25H29N3O3. The van der Waals surface area contributed by atoms with Gasteiger partial charge < -0.3 is 14.6 Å². The fourth-order valence-corrected chi connectivity index (χ4v) is 3.34. The lowest BCUT2D eigenvalue weighted by Gasteiger charge is -2.31. The molecule has 0 aliphatic heterocycles. The lowest BCUT2D eigenvalue weighted by atomic mass is 10.0. The van der Waals surface area contributed by atoms with Crippen molar-refractivity contribution in [2.45, 2.75) is 45.8 Å². The Labute approximate surface area is 183 Å². The molecular weight excluding hydrogens is 390 g/mol. The monoisotopic (exact) mass is 419 g/mol. The first-order chi connectivity index (χ1) is 15.0. The van der Waals surface area contributed by atoms with E-state index in [1.54, 1.807) is 35.7 Å². The van der Waals surface area contributed by atoms with Crippen molar-refractivity contribution in [2.24, 2.45) is 5.92 Å². The van der Waals surface area contributed by atoms with Gasteiger partial charge in [-0.15, -0.1) is 0 Å². The number of pyridine rings is 1. The van der Waals surface area contributed by atoms with Crippen LogP contribution in [0.4, 0.5) is 0 Å². The zero-order chi connectivity index (χ0) is 22.1. The lowest BCUT2D eigenvalue weighted by molar-refractivity contribution is -0.142. The number of furan rings is 1. The van der Waals surface area contributed by atoms with E-state index in [-0.39, 0.29) is 18.4 Å². The Morgan fingerprint density at radius 1 is 1.06 bits per heavy atom. The van der Waals surface area contributed by atoms with Crippen molar-refractivity contribution in [3.8, 4) is 0 Å². The summed E-state index contributed by atoms with van der Waals surface area (Å²) in [5.41, 5.74) is 1.65. The van der Waals surface area contributed by atoms with Crippen LogP contribution in [0.25, 0.3) is 0 Å². The summed E-state index contributed by atoms with van der Waals surface area (Å²) in [6.45, 7) is 4.75. The number of hydrogen-bond acceptors (Lipinski definition) is 4. The van der Waals surface area contributed by atoms with Crippen LogP contribution >= 0.6 is 0 Å². The van der Waals surface area contributed by atoms with Crippen molar-refractivity contribution < 1.29 is 14.0 Å². The second-order valence-electron chi connectivity index (χ2n) is 7.93. The maximum absolute atomic E-state index is 13.4. The summed E-state index contributed by atoms with van der Waals surface area (Å²) in [5, 5.41) is 2.99. The molecule has 0 aliphatic carbocycles. The average Bonchev–Trinajstić information content (AvgIpc) is 3.30. The molecule has 0 fully saturated rings. The number of carbonyl (C=O) groups is 2. The summed E-state index contributed by atoms with van der Waals surface area (Å²) >= 11 is 0. The quantitative estimate of drug-likeness (QED) is 0.525. The first-order valence-electron chi connectivity index (χ1n) is 10.6. The van der Waals surface area contributed by atoms with Gasteiger partial charge in [0.05, 0.1) is 12.8 Å². The smallest absolute Gasteiger partial charge is 0.247 e. The number of nitrogens with zero attached hydrogens (tertiary/aromatic N) is 2. The molecule has 1 N–H and O–H groups in total. The van der Waals surface area contributed by atoms with E-state index in [0.29, 0.717) is 30.2 Å². The summed E-state index contributed by atoms with van der Waals surface area (Å²) in [6.07, 6.45) is 5.97. The summed E-state index contributed by atoms with van der Waals surface area (Å²) in [7, 11) is 0.